The van der Waals surface area contributed by atoms with Gasteiger partial charge < -0.3 is 15.2 Å². The molecule has 132 valence electrons. The maximum absolute atomic E-state index is 13.3. The summed E-state index contributed by atoms with van der Waals surface area (Å²) in [5, 5.41) is 3.51. The molecule has 2 N–H and O–H groups in total. The molecule has 2 aliphatic rings. The summed E-state index contributed by atoms with van der Waals surface area (Å²) in [6, 6.07) is 5.41. The standard InChI is InChI=1S/C19H22FN3O2/c1-12(18(25)23-8-6-19(4-5-19)7-9-23)21-17(24)16-10-13-2-3-14(20)11-15(13)22-16/h2-3,10-12,22H,4-9H2,1H3,(H,21,24)/t12-/m0/s1. The molecule has 0 unspecified atom stereocenters. The molecule has 0 bridgehead atoms. The van der Waals surface area contributed by atoms with E-state index in [0.717, 1.165) is 31.3 Å². The number of hydrogen-bond acceptors (Lipinski definition) is 2. The highest BCUT2D eigenvalue weighted by molar-refractivity contribution is 6.00. The molecule has 1 saturated heterocycles. The molecular weight excluding hydrogens is 321 g/mol. The third-order valence-electron chi connectivity index (χ3n) is 5.64. The molecule has 5 nitrogen and oxygen atoms in total. The van der Waals surface area contributed by atoms with E-state index >= 15 is 0 Å². The number of hydrogen-bond donors (Lipinski definition) is 2. The van der Waals surface area contributed by atoms with Crippen LogP contribution in [-0.2, 0) is 4.79 Å². The molecule has 1 aromatic carbocycles. The Morgan fingerprint density at radius 2 is 1.92 bits per heavy atom. The second-order valence-corrected chi connectivity index (χ2v) is 7.44. The minimum Gasteiger partial charge on any atom is -0.350 e. The predicted molar refractivity (Wildman–Crippen MR) is 92.7 cm³/mol. The van der Waals surface area contributed by atoms with Crippen LogP contribution in [0.3, 0.4) is 0 Å². The number of fused-ring (bicyclic) bond motifs is 1. The van der Waals surface area contributed by atoms with Crippen molar-refractivity contribution in [3.05, 3.63) is 35.8 Å². The van der Waals surface area contributed by atoms with Crippen LogP contribution >= 0.6 is 0 Å². The maximum atomic E-state index is 13.3. The number of carbonyl (C=O) groups is 2. The van der Waals surface area contributed by atoms with Crippen molar-refractivity contribution >= 4 is 22.7 Å². The van der Waals surface area contributed by atoms with Crippen LogP contribution in [0.2, 0.25) is 0 Å². The highest BCUT2D eigenvalue weighted by Gasteiger charge is 2.45. The second kappa shape index (κ2) is 5.86. The summed E-state index contributed by atoms with van der Waals surface area (Å²) >= 11 is 0. The molecule has 1 aromatic heterocycles. The fourth-order valence-electron chi connectivity index (χ4n) is 3.71. The lowest BCUT2D eigenvalue weighted by atomic mass is 9.93. The summed E-state index contributed by atoms with van der Waals surface area (Å²) in [5.74, 6) is -0.748. The average Bonchev–Trinajstić information content (AvgIpc) is 3.21. The Bertz CT molecular complexity index is 830. The van der Waals surface area contributed by atoms with Crippen LogP contribution in [0.4, 0.5) is 4.39 Å². The van der Waals surface area contributed by atoms with Gasteiger partial charge in [-0.1, -0.05) is 0 Å². The molecule has 1 aliphatic heterocycles. The molecule has 2 heterocycles. The minimum absolute atomic E-state index is 0.0361. The van der Waals surface area contributed by atoms with Gasteiger partial charge in [-0.25, -0.2) is 4.39 Å². The van der Waals surface area contributed by atoms with E-state index in [1.54, 1.807) is 19.1 Å². The van der Waals surface area contributed by atoms with Crippen LogP contribution in [0.5, 0.6) is 0 Å². The van der Waals surface area contributed by atoms with E-state index in [1.807, 2.05) is 4.90 Å². The second-order valence-electron chi connectivity index (χ2n) is 7.44. The van der Waals surface area contributed by atoms with Gasteiger partial charge in [0.2, 0.25) is 5.91 Å². The monoisotopic (exact) mass is 343 g/mol. The van der Waals surface area contributed by atoms with E-state index in [-0.39, 0.29) is 17.6 Å². The first kappa shape index (κ1) is 16.1. The Hall–Kier alpha value is -2.37. The van der Waals surface area contributed by atoms with Gasteiger partial charge in [0.15, 0.2) is 0 Å². The topological polar surface area (TPSA) is 65.2 Å². The van der Waals surface area contributed by atoms with E-state index in [0.29, 0.717) is 16.6 Å². The van der Waals surface area contributed by atoms with E-state index in [4.69, 9.17) is 0 Å². The Labute approximate surface area is 145 Å². The number of amides is 2. The third-order valence-corrected chi connectivity index (χ3v) is 5.64. The zero-order chi connectivity index (χ0) is 17.6. The molecule has 1 aliphatic carbocycles. The maximum Gasteiger partial charge on any atom is 0.268 e. The molecule has 0 radical (unpaired) electrons. The van der Waals surface area contributed by atoms with Crippen LogP contribution in [-0.4, -0.2) is 40.8 Å². The zero-order valence-corrected chi connectivity index (χ0v) is 14.3. The lowest BCUT2D eigenvalue weighted by Gasteiger charge is -2.33. The van der Waals surface area contributed by atoms with Crippen molar-refractivity contribution in [3.8, 4) is 0 Å². The first-order valence-electron chi connectivity index (χ1n) is 8.84. The van der Waals surface area contributed by atoms with Crippen molar-refractivity contribution in [2.75, 3.05) is 13.1 Å². The van der Waals surface area contributed by atoms with Gasteiger partial charge in [0.25, 0.3) is 5.91 Å². The molecule has 2 amide bonds. The molecular formula is C19H22FN3O2. The number of benzene rings is 1. The van der Waals surface area contributed by atoms with E-state index < -0.39 is 6.04 Å². The van der Waals surface area contributed by atoms with Crippen molar-refractivity contribution in [2.45, 2.75) is 38.6 Å². The summed E-state index contributed by atoms with van der Waals surface area (Å²) < 4.78 is 13.3. The van der Waals surface area contributed by atoms with Gasteiger partial charge >= 0.3 is 0 Å². The number of likely N-dealkylation sites (tertiary alicyclic amines) is 1. The molecule has 2 fully saturated rings. The summed E-state index contributed by atoms with van der Waals surface area (Å²) in [6.07, 6.45) is 4.74. The summed E-state index contributed by atoms with van der Waals surface area (Å²) in [6.45, 7) is 3.28. The molecule has 1 atom stereocenters. The van der Waals surface area contributed by atoms with Crippen molar-refractivity contribution in [1.29, 1.82) is 0 Å². The van der Waals surface area contributed by atoms with Crippen LogP contribution < -0.4 is 5.32 Å². The highest BCUT2D eigenvalue weighted by Crippen LogP contribution is 2.53. The van der Waals surface area contributed by atoms with Gasteiger partial charge in [0, 0.05) is 24.0 Å². The molecule has 6 heteroatoms. The van der Waals surface area contributed by atoms with Crippen LogP contribution in [0, 0.1) is 11.2 Å². The number of nitrogens with zero attached hydrogens (tertiary/aromatic N) is 1. The zero-order valence-electron chi connectivity index (χ0n) is 14.3. The average molecular weight is 343 g/mol. The number of piperidine rings is 1. The highest BCUT2D eigenvalue weighted by atomic mass is 19.1. The molecule has 1 spiro atoms. The van der Waals surface area contributed by atoms with Crippen molar-refractivity contribution in [2.24, 2.45) is 5.41 Å². The fourth-order valence-corrected chi connectivity index (χ4v) is 3.71. The number of halogens is 1. The number of carbonyl (C=O) groups excluding carboxylic acids is 2. The Balaban J connectivity index is 1.39. The fraction of sp³-hybridized carbons (Fsp3) is 0.474. The number of aromatic nitrogens is 1. The van der Waals surface area contributed by atoms with E-state index in [1.165, 1.54) is 25.0 Å². The van der Waals surface area contributed by atoms with E-state index in [9.17, 15) is 14.0 Å². The van der Waals surface area contributed by atoms with Gasteiger partial charge in [0.05, 0.1) is 0 Å². The molecule has 25 heavy (non-hydrogen) atoms. The predicted octanol–water partition coefficient (Wildman–Crippen LogP) is 2.83. The van der Waals surface area contributed by atoms with Gasteiger partial charge in [-0.3, -0.25) is 9.59 Å². The van der Waals surface area contributed by atoms with Gasteiger partial charge in [-0.15, -0.1) is 0 Å². The Morgan fingerprint density at radius 3 is 2.60 bits per heavy atom. The summed E-state index contributed by atoms with van der Waals surface area (Å²) in [4.78, 5) is 29.7. The number of rotatable bonds is 3. The lowest BCUT2D eigenvalue weighted by molar-refractivity contribution is -0.134. The van der Waals surface area contributed by atoms with Crippen molar-refractivity contribution in [3.63, 3.8) is 0 Å². The van der Waals surface area contributed by atoms with Crippen LogP contribution in [0.15, 0.2) is 24.3 Å². The SMILES string of the molecule is C[C@H](NC(=O)c1cc2ccc(F)cc2[nH]1)C(=O)N1CCC2(CC1)CC2. The third kappa shape index (κ3) is 3.13. The number of aromatic amines is 1. The largest absolute Gasteiger partial charge is 0.350 e. The number of nitrogens with one attached hydrogen (secondary N) is 2. The van der Waals surface area contributed by atoms with Crippen LogP contribution in [0.25, 0.3) is 10.9 Å². The minimum atomic E-state index is -0.580. The van der Waals surface area contributed by atoms with Gasteiger partial charge in [-0.2, -0.15) is 0 Å². The lowest BCUT2D eigenvalue weighted by Crippen LogP contribution is -2.49. The molecule has 1 saturated carbocycles. The van der Waals surface area contributed by atoms with Crippen molar-refractivity contribution < 1.29 is 14.0 Å². The normalized spacial score (nSPS) is 19.8. The number of H-pyrrole nitrogens is 1. The molecule has 4 rings (SSSR count). The Morgan fingerprint density at radius 1 is 1.20 bits per heavy atom. The molecule has 2 aromatic rings. The van der Waals surface area contributed by atoms with E-state index in [2.05, 4.69) is 10.3 Å². The smallest absolute Gasteiger partial charge is 0.268 e. The van der Waals surface area contributed by atoms with Crippen molar-refractivity contribution in [1.82, 2.24) is 15.2 Å². The summed E-state index contributed by atoms with van der Waals surface area (Å²) in [7, 11) is 0. The first-order valence-corrected chi connectivity index (χ1v) is 8.84. The quantitative estimate of drug-likeness (QED) is 0.900. The first-order chi connectivity index (χ1) is 12.0. The van der Waals surface area contributed by atoms with Gasteiger partial charge in [-0.05, 0) is 62.3 Å². The summed E-state index contributed by atoms with van der Waals surface area (Å²) in [5.41, 5.74) is 1.41. The Kier molecular flexibility index (Phi) is 3.78. The van der Waals surface area contributed by atoms with Crippen LogP contribution in [0.1, 0.15) is 43.1 Å². The van der Waals surface area contributed by atoms with Gasteiger partial charge in [0.1, 0.15) is 17.6 Å².